The monoisotopic (exact) mass is 310 g/mol. The second kappa shape index (κ2) is 7.32. The van der Waals surface area contributed by atoms with Gasteiger partial charge in [0.1, 0.15) is 0 Å². The molecule has 0 spiro atoms. The van der Waals surface area contributed by atoms with E-state index in [4.69, 9.17) is 10.5 Å². The van der Waals surface area contributed by atoms with Crippen molar-refractivity contribution in [2.45, 2.75) is 32.0 Å². The van der Waals surface area contributed by atoms with Gasteiger partial charge < -0.3 is 10.6 Å². The van der Waals surface area contributed by atoms with Crippen LogP contribution in [0.3, 0.4) is 0 Å². The number of rotatable bonds is 4. The predicted octanol–water partition coefficient (Wildman–Crippen LogP) is 3.39. The minimum absolute atomic E-state index is 0.0874. The Morgan fingerprint density at radius 3 is 2.55 bits per heavy atom. The van der Waals surface area contributed by atoms with Crippen molar-refractivity contribution in [3.63, 3.8) is 0 Å². The number of hydrogen-bond acceptors (Lipinski definition) is 3. The molecule has 5 nitrogen and oxygen atoms in total. The van der Waals surface area contributed by atoms with Crippen LogP contribution in [0, 0.1) is 22.7 Å². The zero-order valence-electron chi connectivity index (χ0n) is 11.7. The Morgan fingerprint density at radius 2 is 2.05 bits per heavy atom. The molecule has 2 N–H and O–H groups in total. The van der Waals surface area contributed by atoms with Gasteiger partial charge in [0.15, 0.2) is 0 Å². The Morgan fingerprint density at radius 1 is 1.36 bits per heavy atom. The maximum absolute atomic E-state index is 12.8. The number of amides is 2. The van der Waals surface area contributed by atoms with Crippen LogP contribution in [-0.4, -0.2) is 12.1 Å². The van der Waals surface area contributed by atoms with E-state index >= 15 is 0 Å². The van der Waals surface area contributed by atoms with Gasteiger partial charge in [0.25, 0.3) is 0 Å². The highest BCUT2D eigenvalue weighted by molar-refractivity contribution is 5.89. The maximum Gasteiger partial charge on any atom is 0.417 e. The molecule has 0 radical (unpaired) electrons. The smallest absolute Gasteiger partial charge is 0.334 e. The largest absolute Gasteiger partial charge is 0.417 e. The SMILES string of the molecule is CC[C@@H](CC#N)NC(=O)Nc1ccc(C#N)c(C(F)(F)F)c1. The number of hydrogen-bond donors (Lipinski definition) is 2. The second-order valence-electron chi connectivity index (χ2n) is 4.44. The summed E-state index contributed by atoms with van der Waals surface area (Å²) in [6, 6.07) is 5.16. The van der Waals surface area contributed by atoms with Gasteiger partial charge >= 0.3 is 12.2 Å². The van der Waals surface area contributed by atoms with Crippen LogP contribution in [0.1, 0.15) is 30.9 Å². The molecular weight excluding hydrogens is 297 g/mol. The minimum atomic E-state index is -4.69. The maximum atomic E-state index is 12.8. The summed E-state index contributed by atoms with van der Waals surface area (Å²) in [4.78, 5) is 11.7. The van der Waals surface area contributed by atoms with Crippen molar-refractivity contribution in [1.82, 2.24) is 5.32 Å². The lowest BCUT2D eigenvalue weighted by atomic mass is 10.1. The Labute approximate surface area is 125 Å². The molecule has 0 aliphatic carbocycles. The molecule has 0 aliphatic rings. The fourth-order valence-corrected chi connectivity index (χ4v) is 1.71. The molecule has 0 saturated heterocycles. The average Bonchev–Trinajstić information content (AvgIpc) is 2.45. The van der Waals surface area contributed by atoms with Crippen molar-refractivity contribution in [2.75, 3.05) is 5.32 Å². The second-order valence-corrected chi connectivity index (χ2v) is 4.44. The van der Waals surface area contributed by atoms with E-state index < -0.39 is 23.3 Å². The van der Waals surface area contributed by atoms with E-state index in [-0.39, 0.29) is 18.2 Å². The Balaban J connectivity index is 2.89. The van der Waals surface area contributed by atoms with Crippen LogP contribution in [0.15, 0.2) is 18.2 Å². The van der Waals surface area contributed by atoms with E-state index in [0.29, 0.717) is 12.5 Å². The Bertz CT molecular complexity index is 628. The van der Waals surface area contributed by atoms with Gasteiger partial charge in [-0.3, -0.25) is 0 Å². The van der Waals surface area contributed by atoms with Gasteiger partial charge in [-0.15, -0.1) is 0 Å². The van der Waals surface area contributed by atoms with Crippen LogP contribution >= 0.6 is 0 Å². The Kier molecular flexibility index (Phi) is 5.76. The van der Waals surface area contributed by atoms with Crippen LogP contribution in [0.4, 0.5) is 23.7 Å². The van der Waals surface area contributed by atoms with Crippen molar-refractivity contribution in [3.8, 4) is 12.1 Å². The molecule has 0 aliphatic heterocycles. The lowest BCUT2D eigenvalue weighted by molar-refractivity contribution is -0.137. The zero-order chi connectivity index (χ0) is 16.8. The minimum Gasteiger partial charge on any atom is -0.334 e. The fourth-order valence-electron chi connectivity index (χ4n) is 1.71. The van der Waals surface area contributed by atoms with Gasteiger partial charge in [-0.25, -0.2) is 4.79 Å². The number of nitrogens with zero attached hydrogens (tertiary/aromatic N) is 2. The average molecular weight is 310 g/mol. The molecule has 8 heteroatoms. The normalized spacial score (nSPS) is 11.9. The molecule has 0 bridgehead atoms. The van der Waals surface area contributed by atoms with E-state index in [2.05, 4.69) is 10.6 Å². The first-order valence-corrected chi connectivity index (χ1v) is 6.37. The predicted molar refractivity (Wildman–Crippen MR) is 72.6 cm³/mol. The number of alkyl halides is 3. The van der Waals surface area contributed by atoms with Gasteiger partial charge in [0.2, 0.25) is 0 Å². The Hall–Kier alpha value is -2.74. The van der Waals surface area contributed by atoms with Crippen molar-refractivity contribution >= 4 is 11.7 Å². The number of urea groups is 1. The summed E-state index contributed by atoms with van der Waals surface area (Å²) >= 11 is 0. The lowest BCUT2D eigenvalue weighted by Gasteiger charge is -2.15. The molecule has 0 unspecified atom stereocenters. The number of nitriles is 2. The third kappa shape index (κ3) is 4.67. The third-order valence-electron chi connectivity index (χ3n) is 2.87. The topological polar surface area (TPSA) is 88.7 Å². The quantitative estimate of drug-likeness (QED) is 0.893. The van der Waals surface area contributed by atoms with Crippen LogP contribution in [0.25, 0.3) is 0 Å². The van der Waals surface area contributed by atoms with E-state index in [1.54, 1.807) is 6.92 Å². The molecule has 1 atom stereocenters. The number of carbonyl (C=O) groups excluding carboxylic acids is 1. The number of nitrogens with one attached hydrogen (secondary N) is 2. The van der Waals surface area contributed by atoms with Crippen LogP contribution < -0.4 is 10.6 Å². The highest BCUT2D eigenvalue weighted by Crippen LogP contribution is 2.33. The number of halogens is 3. The van der Waals surface area contributed by atoms with Crippen LogP contribution in [0.2, 0.25) is 0 Å². The van der Waals surface area contributed by atoms with E-state index in [0.717, 1.165) is 6.07 Å². The van der Waals surface area contributed by atoms with Gasteiger partial charge in [-0.05, 0) is 24.6 Å². The lowest BCUT2D eigenvalue weighted by Crippen LogP contribution is -2.37. The highest BCUT2D eigenvalue weighted by Gasteiger charge is 2.34. The molecular formula is C14H13F3N4O. The van der Waals surface area contributed by atoms with Crippen molar-refractivity contribution in [3.05, 3.63) is 29.3 Å². The first-order valence-electron chi connectivity index (χ1n) is 6.37. The van der Waals surface area contributed by atoms with Gasteiger partial charge in [0.05, 0.1) is 29.7 Å². The standard InChI is InChI=1S/C14H13F3N4O/c1-2-10(5-6-18)20-13(22)21-11-4-3-9(8-19)12(7-11)14(15,16)17/h3-4,7,10H,2,5H2,1H3,(H2,20,21,22)/t10-/m0/s1. The number of carbonyl (C=O) groups is 1. The summed E-state index contributed by atoms with van der Waals surface area (Å²) in [6.07, 6.45) is -4.07. The first-order chi connectivity index (χ1) is 10.3. The molecule has 22 heavy (non-hydrogen) atoms. The summed E-state index contributed by atoms with van der Waals surface area (Å²) in [7, 11) is 0. The molecule has 0 heterocycles. The molecule has 0 fully saturated rings. The number of anilines is 1. The van der Waals surface area contributed by atoms with E-state index in [9.17, 15) is 18.0 Å². The van der Waals surface area contributed by atoms with E-state index in [1.165, 1.54) is 12.1 Å². The summed E-state index contributed by atoms with van der Waals surface area (Å²) in [5.41, 5.74) is -1.72. The zero-order valence-corrected chi connectivity index (χ0v) is 11.7. The van der Waals surface area contributed by atoms with Crippen LogP contribution in [0.5, 0.6) is 0 Å². The van der Waals surface area contributed by atoms with Crippen molar-refractivity contribution < 1.29 is 18.0 Å². The molecule has 1 rings (SSSR count). The molecule has 1 aromatic carbocycles. The fraction of sp³-hybridized carbons (Fsp3) is 0.357. The molecule has 0 saturated carbocycles. The van der Waals surface area contributed by atoms with E-state index in [1.807, 2.05) is 6.07 Å². The van der Waals surface area contributed by atoms with Crippen LogP contribution in [-0.2, 0) is 6.18 Å². The molecule has 0 aromatic heterocycles. The highest BCUT2D eigenvalue weighted by atomic mass is 19.4. The molecule has 116 valence electrons. The van der Waals surface area contributed by atoms with Gasteiger partial charge in [-0.1, -0.05) is 6.92 Å². The number of benzene rings is 1. The third-order valence-corrected chi connectivity index (χ3v) is 2.87. The van der Waals surface area contributed by atoms with Crippen molar-refractivity contribution in [1.29, 1.82) is 10.5 Å². The first kappa shape index (κ1) is 17.3. The summed E-state index contributed by atoms with van der Waals surface area (Å²) in [5, 5.41) is 22.0. The summed E-state index contributed by atoms with van der Waals surface area (Å²) in [6.45, 7) is 1.77. The molecule has 1 aromatic rings. The van der Waals surface area contributed by atoms with Gasteiger partial charge in [0, 0.05) is 11.7 Å². The van der Waals surface area contributed by atoms with Crippen molar-refractivity contribution in [2.24, 2.45) is 0 Å². The molecule has 2 amide bonds. The summed E-state index contributed by atoms with van der Waals surface area (Å²) in [5.74, 6) is 0. The van der Waals surface area contributed by atoms with Gasteiger partial charge in [-0.2, -0.15) is 23.7 Å². The summed E-state index contributed by atoms with van der Waals surface area (Å²) < 4.78 is 38.4.